The lowest BCUT2D eigenvalue weighted by Crippen LogP contribution is -2.23. The van der Waals surface area contributed by atoms with Crippen molar-refractivity contribution in [2.75, 3.05) is 11.9 Å². The molecule has 2 heterocycles. The van der Waals surface area contributed by atoms with E-state index in [4.69, 9.17) is 4.74 Å². The molecule has 2 unspecified atom stereocenters. The summed E-state index contributed by atoms with van der Waals surface area (Å²) in [5.74, 6) is 0.198. The van der Waals surface area contributed by atoms with E-state index in [9.17, 15) is 27.9 Å². The molecule has 3 aromatic rings. The Hall–Kier alpha value is -3.50. The lowest BCUT2D eigenvalue weighted by Gasteiger charge is -2.22. The molecular formula is C24H27F3N4O4. The fourth-order valence-electron chi connectivity index (χ4n) is 4.61. The maximum atomic E-state index is 13.5. The summed E-state index contributed by atoms with van der Waals surface area (Å²) in [5, 5.41) is 17.2. The van der Waals surface area contributed by atoms with Crippen LogP contribution in [-0.2, 0) is 23.1 Å². The summed E-state index contributed by atoms with van der Waals surface area (Å²) < 4.78 is 46.5. The topological polar surface area (TPSA) is 98.4 Å². The van der Waals surface area contributed by atoms with Crippen molar-refractivity contribution in [1.82, 2.24) is 14.3 Å². The number of carbonyl (C=O) groups is 2. The molecule has 2 atom stereocenters. The van der Waals surface area contributed by atoms with E-state index >= 15 is 0 Å². The lowest BCUT2D eigenvalue weighted by molar-refractivity contribution is -0.114. The number of hydrogen-bond acceptors (Lipinski definition) is 4. The first-order valence-electron chi connectivity index (χ1n) is 11.2. The summed E-state index contributed by atoms with van der Waals surface area (Å²) in [6.45, 7) is 7.26. The molecule has 2 N–H and O–H groups in total. The highest BCUT2D eigenvalue weighted by Crippen LogP contribution is 2.40. The molecule has 0 radical (unpaired) electrons. The van der Waals surface area contributed by atoms with Crippen LogP contribution in [0.25, 0.3) is 10.9 Å². The van der Waals surface area contributed by atoms with Crippen molar-refractivity contribution in [2.45, 2.75) is 58.7 Å². The Bertz CT molecular complexity index is 1270. The smallest absolute Gasteiger partial charge is 0.416 e. The number of benzene rings is 1. The number of hydrogen-bond donors (Lipinski definition) is 2. The Labute approximate surface area is 199 Å². The van der Waals surface area contributed by atoms with Gasteiger partial charge in [-0.1, -0.05) is 20.8 Å². The number of anilines is 1. The maximum absolute atomic E-state index is 13.5. The van der Waals surface area contributed by atoms with Gasteiger partial charge >= 0.3 is 6.09 Å². The van der Waals surface area contributed by atoms with Crippen LogP contribution in [0, 0.1) is 5.92 Å². The molecule has 188 valence electrons. The van der Waals surface area contributed by atoms with Gasteiger partial charge in [0.2, 0.25) is 5.91 Å². The van der Waals surface area contributed by atoms with Crippen molar-refractivity contribution >= 4 is 28.6 Å². The van der Waals surface area contributed by atoms with E-state index in [1.165, 1.54) is 17.7 Å². The van der Waals surface area contributed by atoms with Gasteiger partial charge in [-0.3, -0.25) is 4.79 Å². The van der Waals surface area contributed by atoms with Gasteiger partial charge in [-0.05, 0) is 36.6 Å². The molecule has 1 amide bonds. The Morgan fingerprint density at radius 2 is 1.97 bits per heavy atom. The lowest BCUT2D eigenvalue weighted by atomic mass is 9.90. The third-order valence-electron chi connectivity index (χ3n) is 5.97. The van der Waals surface area contributed by atoms with E-state index in [-0.39, 0.29) is 11.8 Å². The number of ether oxygens (including phenoxy) is 1. The summed E-state index contributed by atoms with van der Waals surface area (Å²) in [5.41, 5.74) is 2.03. The first-order valence-corrected chi connectivity index (χ1v) is 11.2. The molecule has 0 saturated heterocycles. The number of amides is 1. The van der Waals surface area contributed by atoms with Crippen LogP contribution in [-0.4, -0.2) is 44.5 Å². The van der Waals surface area contributed by atoms with Crippen LogP contribution < -0.4 is 10.1 Å². The zero-order valence-corrected chi connectivity index (χ0v) is 19.8. The minimum Gasteiger partial charge on any atom is -0.493 e. The Morgan fingerprint density at radius 3 is 2.54 bits per heavy atom. The molecule has 1 aliphatic carbocycles. The third kappa shape index (κ3) is 4.71. The zero-order valence-electron chi connectivity index (χ0n) is 19.8. The summed E-state index contributed by atoms with van der Waals surface area (Å²) in [4.78, 5) is 24.0. The van der Waals surface area contributed by atoms with Gasteiger partial charge in [0.05, 0.1) is 29.2 Å². The minimum absolute atomic E-state index is 0.0334. The fourth-order valence-corrected chi connectivity index (χ4v) is 4.61. The Balaban J connectivity index is 1.57. The second-order valence-corrected chi connectivity index (χ2v) is 9.83. The van der Waals surface area contributed by atoms with Crippen LogP contribution in [0.2, 0.25) is 0 Å². The van der Waals surface area contributed by atoms with Crippen LogP contribution in [0.3, 0.4) is 0 Å². The average Bonchev–Trinajstić information content (AvgIpc) is 3.40. The van der Waals surface area contributed by atoms with Crippen LogP contribution in [0.5, 0.6) is 5.75 Å². The molecule has 0 bridgehead atoms. The van der Waals surface area contributed by atoms with E-state index in [1.807, 2.05) is 20.8 Å². The second kappa shape index (κ2) is 8.94. The molecule has 8 nitrogen and oxygen atoms in total. The highest BCUT2D eigenvalue weighted by Gasteiger charge is 2.31. The largest absolute Gasteiger partial charge is 0.493 e. The van der Waals surface area contributed by atoms with Gasteiger partial charge in [0.15, 0.2) is 0 Å². The quantitative estimate of drug-likeness (QED) is 0.496. The Morgan fingerprint density at radius 1 is 1.26 bits per heavy atom. The number of carboxylic acid groups (broad SMARTS) is 1. The molecule has 0 saturated carbocycles. The van der Waals surface area contributed by atoms with Crippen molar-refractivity contribution < 1.29 is 32.6 Å². The van der Waals surface area contributed by atoms with Gasteiger partial charge in [-0.25, -0.2) is 27.2 Å². The van der Waals surface area contributed by atoms with Gasteiger partial charge in [-0.15, -0.1) is 0 Å². The summed E-state index contributed by atoms with van der Waals surface area (Å²) in [6.07, 6.45) is -4.44. The normalized spacial score (nSPS) is 16.5. The van der Waals surface area contributed by atoms with Crippen LogP contribution in [0.1, 0.15) is 50.9 Å². The van der Waals surface area contributed by atoms with Crippen molar-refractivity contribution in [3.63, 3.8) is 0 Å². The number of carbonyl (C=O) groups excluding carboxylic acids is 1. The van der Waals surface area contributed by atoms with Gasteiger partial charge in [0.25, 0.3) is 12.7 Å². The summed E-state index contributed by atoms with van der Waals surface area (Å²) in [7, 11) is 0. The van der Waals surface area contributed by atoms with E-state index < -0.39 is 24.2 Å². The number of nitrogens with one attached hydrogen (secondary N) is 1. The van der Waals surface area contributed by atoms with Gasteiger partial charge < -0.3 is 15.2 Å². The third-order valence-corrected chi connectivity index (χ3v) is 5.97. The zero-order chi connectivity index (χ0) is 25.7. The van der Waals surface area contributed by atoms with Crippen LogP contribution >= 0.6 is 0 Å². The fraction of sp³-hybridized carbons (Fsp3) is 0.458. The predicted molar refractivity (Wildman–Crippen MR) is 123 cm³/mol. The predicted octanol–water partition coefficient (Wildman–Crippen LogP) is 5.15. The number of aromatic nitrogens is 3. The highest BCUT2D eigenvalue weighted by molar-refractivity contribution is 6.06. The molecule has 1 aromatic carbocycles. The molecule has 2 aromatic heterocycles. The SMILES string of the molecule is CC(=O)Nc1c(C(C)(C)C)n(C(=O)O)c2ccc(OCC3Cc4cn(C(F)C(F)F)nc4C3)cc12. The Kier molecular flexibility index (Phi) is 6.29. The van der Waals surface area contributed by atoms with E-state index in [2.05, 4.69) is 10.4 Å². The molecule has 4 rings (SSSR count). The average molecular weight is 492 g/mol. The van der Waals surface area contributed by atoms with E-state index in [0.29, 0.717) is 57.9 Å². The van der Waals surface area contributed by atoms with Crippen LogP contribution in [0.4, 0.5) is 23.7 Å². The molecule has 35 heavy (non-hydrogen) atoms. The number of alkyl halides is 3. The summed E-state index contributed by atoms with van der Waals surface area (Å²) >= 11 is 0. The number of fused-ring (bicyclic) bond motifs is 2. The van der Waals surface area contributed by atoms with E-state index in [1.54, 1.807) is 18.2 Å². The molecule has 11 heteroatoms. The van der Waals surface area contributed by atoms with Gasteiger partial charge in [0.1, 0.15) is 5.75 Å². The van der Waals surface area contributed by atoms with Gasteiger partial charge in [-0.2, -0.15) is 5.10 Å². The number of rotatable bonds is 6. The minimum atomic E-state index is -3.14. The molecule has 0 fully saturated rings. The first-order chi connectivity index (χ1) is 16.4. The summed E-state index contributed by atoms with van der Waals surface area (Å²) in [6, 6.07) is 5.00. The van der Waals surface area contributed by atoms with E-state index in [0.717, 1.165) is 5.56 Å². The molecule has 0 spiro atoms. The monoisotopic (exact) mass is 492 g/mol. The van der Waals surface area contributed by atoms with Gasteiger partial charge in [0, 0.05) is 29.8 Å². The number of nitrogens with zero attached hydrogens (tertiary/aromatic N) is 3. The standard InChI is InChI=1S/C24H27F3N4O4/c1-12(32)28-19-16-9-15(5-6-18(16)31(23(33)34)20(19)24(2,3)4)35-11-13-7-14-10-30(22(27)21(25)26)29-17(14)8-13/h5-6,9-10,13,21-22H,7-8,11H2,1-4H3,(H,28,32)(H,33,34). The van der Waals surface area contributed by atoms with Crippen molar-refractivity contribution in [2.24, 2.45) is 5.92 Å². The second-order valence-electron chi connectivity index (χ2n) is 9.83. The van der Waals surface area contributed by atoms with Crippen LogP contribution in [0.15, 0.2) is 24.4 Å². The molecule has 0 aliphatic heterocycles. The highest BCUT2D eigenvalue weighted by atomic mass is 19.3. The molecule has 1 aliphatic rings. The number of halogens is 3. The molecular weight excluding hydrogens is 465 g/mol. The first kappa shape index (κ1) is 24.6. The van der Waals surface area contributed by atoms with Crippen molar-refractivity contribution in [3.05, 3.63) is 41.3 Å². The van der Waals surface area contributed by atoms with Crippen molar-refractivity contribution in [1.29, 1.82) is 0 Å². The maximum Gasteiger partial charge on any atom is 0.416 e. The van der Waals surface area contributed by atoms with Crippen molar-refractivity contribution in [3.8, 4) is 5.75 Å².